The number of rotatable bonds is 5. The molecule has 2 rings (SSSR count). The van der Waals surface area contributed by atoms with Crippen LogP contribution in [0, 0.1) is 5.82 Å². The maximum absolute atomic E-state index is 13.2. The molecule has 3 N–H and O–H groups in total. The number of aliphatic hydroxyl groups is 1. The van der Waals surface area contributed by atoms with Gasteiger partial charge in [-0.1, -0.05) is 24.3 Å². The van der Waals surface area contributed by atoms with Gasteiger partial charge < -0.3 is 15.7 Å². The third kappa shape index (κ3) is 3.79. The van der Waals surface area contributed by atoms with Crippen molar-refractivity contribution in [1.29, 1.82) is 0 Å². The second-order valence-electron chi connectivity index (χ2n) is 4.63. The summed E-state index contributed by atoms with van der Waals surface area (Å²) in [4.78, 5) is 13.8. The Kier molecular flexibility index (Phi) is 4.90. The minimum Gasteiger partial charge on any atom is -0.397 e. The number of nitrogen functional groups attached to an aromatic ring is 1. The molecule has 0 aromatic heterocycles. The number of carbonyl (C=O) groups is 1. The van der Waals surface area contributed by atoms with Crippen LogP contribution in [0.25, 0.3) is 0 Å². The highest BCUT2D eigenvalue weighted by Crippen LogP contribution is 2.23. The van der Waals surface area contributed by atoms with Crippen molar-refractivity contribution in [2.24, 2.45) is 0 Å². The third-order valence-electron chi connectivity index (χ3n) is 3.10. The standard InChI is InChI=1S/C16H17FN2O2/c17-13-5-3-4-12(10-13)11-16(21)19(8-9-20)15-7-2-1-6-14(15)18/h1-7,10,20H,8-9,11,18H2. The van der Waals surface area contributed by atoms with Crippen molar-refractivity contribution >= 4 is 17.3 Å². The molecule has 5 heteroatoms. The number of hydrogen-bond donors (Lipinski definition) is 2. The van der Waals surface area contributed by atoms with E-state index in [2.05, 4.69) is 0 Å². The van der Waals surface area contributed by atoms with Gasteiger partial charge in [0.05, 0.1) is 24.4 Å². The monoisotopic (exact) mass is 288 g/mol. The molecule has 0 aliphatic heterocycles. The number of para-hydroxylation sites is 2. The molecule has 0 aliphatic rings. The van der Waals surface area contributed by atoms with Crippen LogP contribution in [0.4, 0.5) is 15.8 Å². The van der Waals surface area contributed by atoms with Crippen molar-refractivity contribution < 1.29 is 14.3 Å². The smallest absolute Gasteiger partial charge is 0.231 e. The summed E-state index contributed by atoms with van der Waals surface area (Å²) >= 11 is 0. The molecular weight excluding hydrogens is 271 g/mol. The summed E-state index contributed by atoms with van der Waals surface area (Å²) in [5, 5.41) is 9.15. The van der Waals surface area contributed by atoms with E-state index in [1.165, 1.54) is 17.0 Å². The molecule has 0 heterocycles. The van der Waals surface area contributed by atoms with Gasteiger partial charge in [-0.15, -0.1) is 0 Å². The van der Waals surface area contributed by atoms with Gasteiger partial charge in [0.2, 0.25) is 5.91 Å². The fraction of sp³-hybridized carbons (Fsp3) is 0.188. The first-order valence-corrected chi connectivity index (χ1v) is 6.62. The number of carbonyl (C=O) groups excluding carboxylic acids is 1. The van der Waals surface area contributed by atoms with E-state index in [1.807, 2.05) is 0 Å². The van der Waals surface area contributed by atoms with E-state index in [0.29, 0.717) is 16.9 Å². The van der Waals surface area contributed by atoms with Gasteiger partial charge in [-0.05, 0) is 29.8 Å². The predicted octanol–water partition coefficient (Wildman–Crippen LogP) is 1.98. The van der Waals surface area contributed by atoms with Gasteiger partial charge in [0.25, 0.3) is 0 Å². The molecule has 0 saturated heterocycles. The first kappa shape index (κ1) is 15.0. The van der Waals surface area contributed by atoms with Crippen molar-refractivity contribution in [2.45, 2.75) is 6.42 Å². The van der Waals surface area contributed by atoms with Crippen LogP contribution in [0.15, 0.2) is 48.5 Å². The van der Waals surface area contributed by atoms with Crippen LogP contribution in [0.5, 0.6) is 0 Å². The van der Waals surface area contributed by atoms with Gasteiger partial charge in [-0.3, -0.25) is 4.79 Å². The van der Waals surface area contributed by atoms with Crippen molar-refractivity contribution in [1.82, 2.24) is 0 Å². The number of anilines is 2. The summed E-state index contributed by atoms with van der Waals surface area (Å²) in [5.41, 5.74) is 7.46. The molecule has 4 nitrogen and oxygen atoms in total. The maximum Gasteiger partial charge on any atom is 0.231 e. The molecule has 0 unspecified atom stereocenters. The molecule has 0 saturated carbocycles. The summed E-state index contributed by atoms with van der Waals surface area (Å²) in [5.74, 6) is -0.624. The lowest BCUT2D eigenvalue weighted by molar-refractivity contribution is -0.118. The Balaban J connectivity index is 2.22. The Hall–Kier alpha value is -2.40. The van der Waals surface area contributed by atoms with Crippen molar-refractivity contribution in [3.63, 3.8) is 0 Å². The Morgan fingerprint density at radius 1 is 1.19 bits per heavy atom. The number of hydrogen-bond acceptors (Lipinski definition) is 3. The summed E-state index contributed by atoms with van der Waals surface area (Å²) in [7, 11) is 0. The summed E-state index contributed by atoms with van der Waals surface area (Å²) in [6.45, 7) is -0.0361. The first-order valence-electron chi connectivity index (χ1n) is 6.62. The molecule has 2 aromatic carbocycles. The molecule has 1 amide bonds. The van der Waals surface area contributed by atoms with E-state index in [4.69, 9.17) is 10.8 Å². The molecule has 0 spiro atoms. The lowest BCUT2D eigenvalue weighted by Crippen LogP contribution is -2.35. The van der Waals surface area contributed by atoms with Crippen LogP contribution in [-0.4, -0.2) is 24.2 Å². The predicted molar refractivity (Wildman–Crippen MR) is 80.4 cm³/mol. The molecule has 110 valence electrons. The van der Waals surface area contributed by atoms with Crippen molar-refractivity contribution in [3.8, 4) is 0 Å². The van der Waals surface area contributed by atoms with Gasteiger partial charge >= 0.3 is 0 Å². The molecule has 0 atom stereocenters. The second kappa shape index (κ2) is 6.85. The van der Waals surface area contributed by atoms with Gasteiger partial charge in [-0.25, -0.2) is 4.39 Å². The SMILES string of the molecule is Nc1ccccc1N(CCO)C(=O)Cc1cccc(F)c1. The number of nitrogens with zero attached hydrogens (tertiary/aromatic N) is 1. The van der Waals surface area contributed by atoms with Crippen molar-refractivity contribution in [2.75, 3.05) is 23.8 Å². The van der Waals surface area contributed by atoms with Crippen LogP contribution in [0.1, 0.15) is 5.56 Å². The minimum absolute atomic E-state index is 0.0477. The molecule has 0 aliphatic carbocycles. The average molecular weight is 288 g/mol. The fourth-order valence-corrected chi connectivity index (χ4v) is 2.13. The number of amides is 1. The molecule has 0 radical (unpaired) electrons. The quantitative estimate of drug-likeness (QED) is 0.827. The number of halogens is 1. The van der Waals surface area contributed by atoms with Crippen LogP contribution >= 0.6 is 0 Å². The minimum atomic E-state index is -0.381. The molecule has 0 bridgehead atoms. The molecular formula is C16H17FN2O2. The van der Waals surface area contributed by atoms with E-state index in [-0.39, 0.29) is 31.3 Å². The normalized spacial score (nSPS) is 10.4. The number of aliphatic hydroxyl groups excluding tert-OH is 1. The zero-order valence-electron chi connectivity index (χ0n) is 11.5. The van der Waals surface area contributed by atoms with Crippen LogP contribution in [0.2, 0.25) is 0 Å². The Labute approximate surface area is 122 Å². The van der Waals surface area contributed by atoms with Crippen LogP contribution in [0.3, 0.4) is 0 Å². The van der Waals surface area contributed by atoms with Gasteiger partial charge in [-0.2, -0.15) is 0 Å². The van der Waals surface area contributed by atoms with E-state index in [0.717, 1.165) is 0 Å². The Bertz CT molecular complexity index is 631. The largest absolute Gasteiger partial charge is 0.397 e. The van der Waals surface area contributed by atoms with E-state index < -0.39 is 0 Å². The van der Waals surface area contributed by atoms with Crippen LogP contribution in [-0.2, 0) is 11.2 Å². The lowest BCUT2D eigenvalue weighted by Gasteiger charge is -2.23. The van der Waals surface area contributed by atoms with Gasteiger partial charge in [0.15, 0.2) is 0 Å². The highest BCUT2D eigenvalue weighted by atomic mass is 19.1. The third-order valence-corrected chi connectivity index (χ3v) is 3.10. The number of nitrogens with two attached hydrogens (primary N) is 1. The fourth-order valence-electron chi connectivity index (χ4n) is 2.13. The summed E-state index contributed by atoms with van der Waals surface area (Å²) < 4.78 is 13.2. The highest BCUT2D eigenvalue weighted by molar-refractivity contribution is 5.97. The van der Waals surface area contributed by atoms with Crippen LogP contribution < -0.4 is 10.6 Å². The average Bonchev–Trinajstić information content (AvgIpc) is 2.45. The number of benzene rings is 2. The van der Waals surface area contributed by atoms with Gasteiger partial charge in [0, 0.05) is 6.54 Å². The van der Waals surface area contributed by atoms with E-state index >= 15 is 0 Å². The first-order chi connectivity index (χ1) is 10.1. The summed E-state index contributed by atoms with van der Waals surface area (Å²) in [6, 6.07) is 12.8. The topological polar surface area (TPSA) is 66.6 Å². The van der Waals surface area contributed by atoms with E-state index in [9.17, 15) is 9.18 Å². The Morgan fingerprint density at radius 3 is 2.62 bits per heavy atom. The van der Waals surface area contributed by atoms with E-state index in [1.54, 1.807) is 36.4 Å². The maximum atomic E-state index is 13.2. The molecule has 21 heavy (non-hydrogen) atoms. The lowest BCUT2D eigenvalue weighted by atomic mass is 10.1. The summed E-state index contributed by atoms with van der Waals surface area (Å²) in [6.07, 6.45) is 0.0477. The zero-order valence-corrected chi connectivity index (χ0v) is 11.5. The van der Waals surface area contributed by atoms with Crippen molar-refractivity contribution in [3.05, 3.63) is 59.9 Å². The van der Waals surface area contributed by atoms with Gasteiger partial charge in [0.1, 0.15) is 5.82 Å². The Morgan fingerprint density at radius 2 is 1.95 bits per heavy atom. The molecule has 2 aromatic rings. The zero-order chi connectivity index (χ0) is 15.2. The molecule has 0 fully saturated rings. The second-order valence-corrected chi connectivity index (χ2v) is 4.63. The highest BCUT2D eigenvalue weighted by Gasteiger charge is 2.17.